The maximum Gasteiger partial charge on any atom is 0.207 e. The molecule has 0 saturated heterocycles. The number of benzene rings is 1. The van der Waals surface area contributed by atoms with Gasteiger partial charge in [0.05, 0.1) is 14.2 Å². The van der Waals surface area contributed by atoms with Crippen LogP contribution in [0.25, 0.3) is 0 Å². The van der Waals surface area contributed by atoms with Crippen LogP contribution in [0.5, 0.6) is 11.5 Å². The summed E-state index contributed by atoms with van der Waals surface area (Å²) in [4.78, 5) is 4.44. The summed E-state index contributed by atoms with van der Waals surface area (Å²) in [5, 5.41) is 3.97. The molecule has 0 aliphatic heterocycles. The van der Waals surface area contributed by atoms with E-state index in [-0.39, 0.29) is 0 Å². The Morgan fingerprint density at radius 3 is 2.25 bits per heavy atom. The molecule has 0 fully saturated rings. The smallest absolute Gasteiger partial charge is 0.207 e. The van der Waals surface area contributed by atoms with E-state index in [4.69, 9.17) is 9.47 Å². The second kappa shape index (κ2) is 6.41. The maximum atomic E-state index is 5.31. The van der Waals surface area contributed by atoms with Crippen molar-refractivity contribution in [3.63, 3.8) is 0 Å². The third kappa shape index (κ3) is 3.21. The molecule has 2 aromatic rings. The molecule has 0 spiro atoms. The van der Waals surface area contributed by atoms with E-state index in [1.165, 1.54) is 11.5 Å². The van der Waals surface area contributed by atoms with Gasteiger partial charge in [-0.25, -0.2) is 4.98 Å². The summed E-state index contributed by atoms with van der Waals surface area (Å²) in [5.74, 6) is 2.55. The molecule has 20 heavy (non-hydrogen) atoms. The van der Waals surface area contributed by atoms with Crippen molar-refractivity contribution in [3.05, 3.63) is 22.4 Å². The minimum Gasteiger partial charge on any atom is -0.495 e. The summed E-state index contributed by atoms with van der Waals surface area (Å²) >= 11 is 4.78. The lowest BCUT2D eigenvalue weighted by atomic mass is 10.2. The van der Waals surface area contributed by atoms with Gasteiger partial charge in [0.2, 0.25) is 5.13 Å². The van der Waals surface area contributed by atoms with Crippen molar-refractivity contribution in [2.75, 3.05) is 19.5 Å². The number of nitrogens with one attached hydrogen (secondary N) is 1. The quantitative estimate of drug-likeness (QED) is 0.869. The van der Waals surface area contributed by atoms with Crippen molar-refractivity contribution in [1.82, 2.24) is 9.36 Å². The van der Waals surface area contributed by atoms with Crippen LogP contribution in [0.15, 0.2) is 16.6 Å². The van der Waals surface area contributed by atoms with Crippen LogP contribution in [0.2, 0.25) is 0 Å². The summed E-state index contributed by atoms with van der Waals surface area (Å²) in [7, 11) is 3.23. The molecule has 0 aliphatic rings. The van der Waals surface area contributed by atoms with Gasteiger partial charge in [0, 0.05) is 35.3 Å². The molecule has 5 nitrogen and oxygen atoms in total. The van der Waals surface area contributed by atoms with Crippen molar-refractivity contribution in [2.45, 2.75) is 19.8 Å². The normalized spacial score (nSPS) is 10.7. The molecule has 2 rings (SSSR count). The number of hydrogen-bond donors (Lipinski definition) is 1. The molecule has 0 amide bonds. The number of aromatic nitrogens is 2. The second-order valence-electron chi connectivity index (χ2n) is 4.43. The maximum absolute atomic E-state index is 5.31. The van der Waals surface area contributed by atoms with Gasteiger partial charge in [-0.1, -0.05) is 13.8 Å². The van der Waals surface area contributed by atoms with Crippen LogP contribution < -0.4 is 14.8 Å². The Bertz CT molecular complexity index is 576. The van der Waals surface area contributed by atoms with E-state index in [0.29, 0.717) is 17.4 Å². The number of methoxy groups -OCH3 is 2. The fourth-order valence-electron chi connectivity index (χ4n) is 1.59. The van der Waals surface area contributed by atoms with Gasteiger partial charge in [-0.05, 0) is 15.9 Å². The van der Waals surface area contributed by atoms with Gasteiger partial charge in [0.25, 0.3) is 0 Å². The van der Waals surface area contributed by atoms with E-state index in [1.807, 2.05) is 12.1 Å². The highest BCUT2D eigenvalue weighted by atomic mass is 79.9. The number of rotatable bonds is 5. The monoisotopic (exact) mass is 357 g/mol. The molecule has 0 atom stereocenters. The lowest BCUT2D eigenvalue weighted by Crippen LogP contribution is -1.96. The predicted octanol–water partition coefficient (Wildman–Crippen LogP) is 4.18. The lowest BCUT2D eigenvalue weighted by Gasteiger charge is -2.11. The van der Waals surface area contributed by atoms with Crippen LogP contribution in [0.4, 0.5) is 10.8 Å². The SMILES string of the molecule is COc1cc(Nc2nc(C(C)C)ns2)cc(OC)c1Br. The van der Waals surface area contributed by atoms with Gasteiger partial charge in [0.15, 0.2) is 0 Å². The molecule has 7 heteroatoms. The predicted molar refractivity (Wildman–Crippen MR) is 84.5 cm³/mol. The van der Waals surface area contributed by atoms with E-state index in [1.54, 1.807) is 14.2 Å². The Morgan fingerprint density at radius 2 is 1.80 bits per heavy atom. The largest absolute Gasteiger partial charge is 0.495 e. The molecule has 1 aromatic heterocycles. The topological polar surface area (TPSA) is 56.3 Å². The average Bonchev–Trinajstić information content (AvgIpc) is 2.89. The van der Waals surface area contributed by atoms with Crippen LogP contribution in [0.3, 0.4) is 0 Å². The third-order valence-electron chi connectivity index (χ3n) is 2.66. The second-order valence-corrected chi connectivity index (χ2v) is 5.98. The molecule has 0 unspecified atom stereocenters. The summed E-state index contributed by atoms with van der Waals surface area (Å²) in [6, 6.07) is 3.76. The third-order valence-corrected chi connectivity index (χ3v) is 4.08. The van der Waals surface area contributed by atoms with Crippen LogP contribution in [0.1, 0.15) is 25.6 Å². The van der Waals surface area contributed by atoms with Crippen molar-refractivity contribution in [3.8, 4) is 11.5 Å². The highest BCUT2D eigenvalue weighted by Crippen LogP contribution is 2.38. The van der Waals surface area contributed by atoms with E-state index in [0.717, 1.165) is 21.1 Å². The number of halogens is 1. The van der Waals surface area contributed by atoms with Crippen LogP contribution in [-0.4, -0.2) is 23.6 Å². The highest BCUT2D eigenvalue weighted by molar-refractivity contribution is 9.10. The lowest BCUT2D eigenvalue weighted by molar-refractivity contribution is 0.390. The number of hydrogen-bond acceptors (Lipinski definition) is 6. The molecule has 0 radical (unpaired) electrons. The summed E-state index contributed by atoms with van der Waals surface area (Å²) in [6.07, 6.45) is 0. The Balaban J connectivity index is 2.28. The Hall–Kier alpha value is -1.34. The first-order chi connectivity index (χ1) is 9.55. The van der Waals surface area contributed by atoms with Gasteiger partial charge in [-0.2, -0.15) is 4.37 Å². The minimum absolute atomic E-state index is 0.316. The minimum atomic E-state index is 0.316. The van der Waals surface area contributed by atoms with Crippen molar-refractivity contribution in [1.29, 1.82) is 0 Å². The first-order valence-electron chi connectivity index (χ1n) is 6.07. The molecule has 108 valence electrons. The Kier molecular flexibility index (Phi) is 4.82. The molecular formula is C13H16BrN3O2S. The van der Waals surface area contributed by atoms with Gasteiger partial charge in [0.1, 0.15) is 21.8 Å². The number of nitrogens with zero attached hydrogens (tertiary/aromatic N) is 2. The van der Waals surface area contributed by atoms with Crippen molar-refractivity contribution < 1.29 is 9.47 Å². The molecular weight excluding hydrogens is 342 g/mol. The first-order valence-corrected chi connectivity index (χ1v) is 7.64. The van der Waals surface area contributed by atoms with Gasteiger partial charge in [-0.3, -0.25) is 0 Å². The zero-order valence-electron chi connectivity index (χ0n) is 11.7. The first kappa shape index (κ1) is 15.1. The average molecular weight is 358 g/mol. The number of anilines is 2. The standard InChI is InChI=1S/C13H16BrN3O2S/c1-7(2)12-16-13(20-17-12)15-8-5-9(18-3)11(14)10(6-8)19-4/h5-7H,1-4H3,(H,15,16,17). The van der Waals surface area contributed by atoms with E-state index in [2.05, 4.69) is 44.5 Å². The molecule has 0 aliphatic carbocycles. The van der Waals surface area contributed by atoms with E-state index < -0.39 is 0 Å². The van der Waals surface area contributed by atoms with E-state index in [9.17, 15) is 0 Å². The highest BCUT2D eigenvalue weighted by Gasteiger charge is 2.12. The number of ether oxygens (including phenoxy) is 2. The summed E-state index contributed by atoms with van der Waals surface area (Å²) in [5.41, 5.74) is 0.841. The van der Waals surface area contributed by atoms with Crippen molar-refractivity contribution in [2.24, 2.45) is 0 Å². The van der Waals surface area contributed by atoms with Crippen molar-refractivity contribution >= 4 is 38.3 Å². The molecule has 1 N–H and O–H groups in total. The Labute approximate surface area is 130 Å². The molecule has 0 saturated carbocycles. The zero-order chi connectivity index (χ0) is 14.7. The molecule has 1 heterocycles. The van der Waals surface area contributed by atoms with Gasteiger partial charge in [-0.15, -0.1) is 0 Å². The molecule has 1 aromatic carbocycles. The van der Waals surface area contributed by atoms with E-state index >= 15 is 0 Å². The molecule has 0 bridgehead atoms. The van der Waals surface area contributed by atoms with Crippen LogP contribution in [-0.2, 0) is 0 Å². The summed E-state index contributed by atoms with van der Waals surface area (Å²) < 4.78 is 15.7. The Morgan fingerprint density at radius 1 is 1.20 bits per heavy atom. The van der Waals surface area contributed by atoms with Gasteiger partial charge >= 0.3 is 0 Å². The fraction of sp³-hybridized carbons (Fsp3) is 0.385. The zero-order valence-corrected chi connectivity index (χ0v) is 14.1. The van der Waals surface area contributed by atoms with Crippen LogP contribution in [0, 0.1) is 0 Å². The fourth-order valence-corrected chi connectivity index (χ4v) is 2.87. The van der Waals surface area contributed by atoms with Crippen LogP contribution >= 0.6 is 27.5 Å². The summed E-state index contributed by atoms with van der Waals surface area (Å²) in [6.45, 7) is 4.13. The van der Waals surface area contributed by atoms with Gasteiger partial charge < -0.3 is 14.8 Å².